The lowest BCUT2D eigenvalue weighted by atomic mass is 9.96. The fraction of sp³-hybridized carbons (Fsp3) is 0.105. The lowest BCUT2D eigenvalue weighted by Crippen LogP contribution is -2.11. The quantitative estimate of drug-likeness (QED) is 0.444. The Bertz CT molecular complexity index is 839. The molecule has 7 heteroatoms. The minimum absolute atomic E-state index is 0.0500. The van der Waals surface area contributed by atoms with Crippen molar-refractivity contribution in [3.63, 3.8) is 0 Å². The average molecular weight is 354 g/mol. The van der Waals surface area contributed by atoms with E-state index in [0.717, 1.165) is 14.2 Å². The maximum absolute atomic E-state index is 12.7. The molecule has 0 atom stereocenters. The Morgan fingerprint density at radius 2 is 1.12 bits per heavy atom. The molecule has 0 aliphatic heterocycles. The molecule has 0 spiro atoms. The van der Waals surface area contributed by atoms with Crippen LogP contribution in [0.3, 0.4) is 0 Å². The monoisotopic (exact) mass is 354 g/mol. The standard InChI is InChI=1S/C19H14O7/c1-25-18(23)15-7-11(3-5-13(15)9-20)17(22)12-4-6-14(10-21)16(8-12)19(24)26-2/h3-10H,1-2H3. The van der Waals surface area contributed by atoms with Crippen molar-refractivity contribution in [2.24, 2.45) is 0 Å². The fourth-order valence-electron chi connectivity index (χ4n) is 2.34. The molecular weight excluding hydrogens is 340 g/mol. The largest absolute Gasteiger partial charge is 0.465 e. The van der Waals surface area contributed by atoms with E-state index >= 15 is 0 Å². The first-order valence-corrected chi connectivity index (χ1v) is 7.36. The zero-order valence-electron chi connectivity index (χ0n) is 14.0. The number of benzene rings is 2. The van der Waals surface area contributed by atoms with Crippen LogP contribution in [0.5, 0.6) is 0 Å². The van der Waals surface area contributed by atoms with Crippen molar-refractivity contribution in [3.05, 3.63) is 69.8 Å². The Kier molecular flexibility index (Phi) is 5.74. The molecule has 0 amide bonds. The van der Waals surface area contributed by atoms with Crippen LogP contribution in [0.25, 0.3) is 0 Å². The summed E-state index contributed by atoms with van der Waals surface area (Å²) in [6.45, 7) is 0. The molecule has 0 aliphatic carbocycles. The van der Waals surface area contributed by atoms with Crippen LogP contribution in [-0.4, -0.2) is 44.5 Å². The Morgan fingerprint density at radius 3 is 1.42 bits per heavy atom. The van der Waals surface area contributed by atoms with Gasteiger partial charge in [0.05, 0.1) is 25.3 Å². The second-order valence-corrected chi connectivity index (χ2v) is 5.15. The first kappa shape index (κ1) is 18.7. The van der Waals surface area contributed by atoms with Crippen molar-refractivity contribution >= 4 is 30.3 Å². The van der Waals surface area contributed by atoms with E-state index < -0.39 is 17.7 Å². The Morgan fingerprint density at radius 1 is 0.731 bits per heavy atom. The third-order valence-corrected chi connectivity index (χ3v) is 3.70. The summed E-state index contributed by atoms with van der Waals surface area (Å²) in [6, 6.07) is 7.89. The summed E-state index contributed by atoms with van der Waals surface area (Å²) >= 11 is 0. The lowest BCUT2D eigenvalue weighted by molar-refractivity contribution is 0.0590. The topological polar surface area (TPSA) is 104 Å². The molecular formula is C19H14O7. The molecule has 0 fully saturated rings. The molecule has 0 aliphatic rings. The van der Waals surface area contributed by atoms with Gasteiger partial charge in [0.1, 0.15) is 0 Å². The zero-order chi connectivity index (χ0) is 19.3. The number of hydrogen-bond donors (Lipinski definition) is 0. The van der Waals surface area contributed by atoms with Gasteiger partial charge in [-0.25, -0.2) is 9.59 Å². The third kappa shape index (κ3) is 3.56. The van der Waals surface area contributed by atoms with Crippen LogP contribution < -0.4 is 0 Å². The first-order chi connectivity index (χ1) is 12.5. The van der Waals surface area contributed by atoms with Crippen molar-refractivity contribution in [3.8, 4) is 0 Å². The van der Waals surface area contributed by atoms with Gasteiger partial charge in [0.25, 0.3) is 0 Å². The summed E-state index contributed by atoms with van der Waals surface area (Å²) in [5, 5.41) is 0. The van der Waals surface area contributed by atoms with Crippen LogP contribution in [0.2, 0.25) is 0 Å². The average Bonchev–Trinajstić information content (AvgIpc) is 2.70. The molecule has 0 radical (unpaired) electrons. The normalized spacial score (nSPS) is 9.92. The summed E-state index contributed by atoms with van der Waals surface area (Å²) in [7, 11) is 2.32. The summed E-state index contributed by atoms with van der Waals surface area (Å²) in [4.78, 5) is 58.3. The predicted octanol–water partition coefficient (Wildman–Crippen LogP) is 2.12. The van der Waals surface area contributed by atoms with Gasteiger partial charge in [0, 0.05) is 22.3 Å². The Balaban J connectivity index is 2.52. The smallest absolute Gasteiger partial charge is 0.338 e. The first-order valence-electron chi connectivity index (χ1n) is 7.36. The highest BCUT2D eigenvalue weighted by Gasteiger charge is 2.19. The van der Waals surface area contributed by atoms with Crippen LogP contribution >= 0.6 is 0 Å². The number of hydrogen-bond acceptors (Lipinski definition) is 7. The van der Waals surface area contributed by atoms with Crippen molar-refractivity contribution < 1.29 is 33.4 Å². The lowest BCUT2D eigenvalue weighted by Gasteiger charge is -2.08. The molecule has 2 rings (SSSR count). The van der Waals surface area contributed by atoms with Crippen molar-refractivity contribution in [1.29, 1.82) is 0 Å². The molecule has 0 bridgehead atoms. The minimum atomic E-state index is -0.756. The van der Waals surface area contributed by atoms with Crippen molar-refractivity contribution in [2.75, 3.05) is 14.2 Å². The predicted molar refractivity (Wildman–Crippen MR) is 89.8 cm³/mol. The molecule has 0 saturated carbocycles. The number of ether oxygens (including phenoxy) is 2. The molecule has 0 aromatic heterocycles. The van der Waals surface area contributed by atoms with Gasteiger partial charge in [-0.05, 0) is 12.1 Å². The van der Waals surface area contributed by atoms with Crippen LogP contribution in [0.15, 0.2) is 36.4 Å². The molecule has 132 valence electrons. The van der Waals surface area contributed by atoms with Gasteiger partial charge in [-0.3, -0.25) is 14.4 Å². The number of aldehydes is 2. The number of esters is 2. The molecule has 2 aromatic rings. The number of rotatable bonds is 6. The van der Waals surface area contributed by atoms with E-state index in [0.29, 0.717) is 12.6 Å². The van der Waals surface area contributed by atoms with E-state index in [1.165, 1.54) is 36.4 Å². The molecule has 26 heavy (non-hydrogen) atoms. The third-order valence-electron chi connectivity index (χ3n) is 3.70. The van der Waals surface area contributed by atoms with Crippen LogP contribution in [0.4, 0.5) is 0 Å². The highest BCUT2D eigenvalue weighted by molar-refractivity contribution is 6.12. The van der Waals surface area contributed by atoms with Gasteiger partial charge in [-0.15, -0.1) is 0 Å². The second-order valence-electron chi connectivity index (χ2n) is 5.15. The zero-order valence-corrected chi connectivity index (χ0v) is 14.0. The Hall–Kier alpha value is -3.61. The second kappa shape index (κ2) is 7.98. The van der Waals surface area contributed by atoms with E-state index in [-0.39, 0.29) is 33.4 Å². The summed E-state index contributed by atoms with van der Waals surface area (Å²) in [5.41, 5.74) is 0.299. The van der Waals surface area contributed by atoms with Crippen molar-refractivity contribution in [1.82, 2.24) is 0 Å². The SMILES string of the molecule is COC(=O)c1cc(C(=O)c2ccc(C=O)c(C(=O)OC)c2)ccc1C=O. The van der Waals surface area contributed by atoms with Gasteiger partial charge in [-0.1, -0.05) is 24.3 Å². The van der Waals surface area contributed by atoms with Crippen LogP contribution in [0.1, 0.15) is 57.4 Å². The highest BCUT2D eigenvalue weighted by Crippen LogP contribution is 2.18. The number of ketones is 1. The summed E-state index contributed by atoms with van der Waals surface area (Å²) < 4.78 is 9.21. The van der Waals surface area contributed by atoms with Crippen molar-refractivity contribution in [2.45, 2.75) is 0 Å². The molecule has 0 N–H and O–H groups in total. The molecule has 0 unspecified atom stereocenters. The highest BCUT2D eigenvalue weighted by atomic mass is 16.5. The van der Waals surface area contributed by atoms with E-state index in [4.69, 9.17) is 0 Å². The number of carbonyl (C=O) groups excluding carboxylic acids is 5. The van der Waals surface area contributed by atoms with Crippen LogP contribution in [-0.2, 0) is 9.47 Å². The number of carbonyl (C=O) groups is 5. The summed E-state index contributed by atoms with van der Waals surface area (Å²) in [5.74, 6) is -2.02. The fourth-order valence-corrected chi connectivity index (χ4v) is 2.34. The van der Waals surface area contributed by atoms with E-state index in [1.54, 1.807) is 0 Å². The maximum Gasteiger partial charge on any atom is 0.338 e. The van der Waals surface area contributed by atoms with Gasteiger partial charge in [-0.2, -0.15) is 0 Å². The summed E-state index contributed by atoms with van der Waals surface area (Å²) in [6.07, 6.45) is 0.962. The molecule has 0 saturated heterocycles. The van der Waals surface area contributed by atoms with Gasteiger partial charge in [0.2, 0.25) is 0 Å². The van der Waals surface area contributed by atoms with E-state index in [1.807, 2.05) is 0 Å². The minimum Gasteiger partial charge on any atom is -0.465 e. The van der Waals surface area contributed by atoms with Crippen LogP contribution in [0, 0.1) is 0 Å². The molecule has 0 heterocycles. The number of methoxy groups -OCH3 is 2. The van der Waals surface area contributed by atoms with Gasteiger partial charge >= 0.3 is 11.9 Å². The molecule has 2 aromatic carbocycles. The van der Waals surface area contributed by atoms with E-state index in [2.05, 4.69) is 9.47 Å². The maximum atomic E-state index is 12.7. The molecule has 7 nitrogen and oxygen atoms in total. The van der Waals surface area contributed by atoms with E-state index in [9.17, 15) is 24.0 Å². The van der Waals surface area contributed by atoms with Gasteiger partial charge < -0.3 is 9.47 Å². The Labute approximate surface area is 148 Å². The van der Waals surface area contributed by atoms with Gasteiger partial charge in [0.15, 0.2) is 18.4 Å².